The number of nitrogens with one attached hydrogen (secondary N) is 1. The number of carbonyl (C=O) groups excluding carboxylic acids is 1. The van der Waals surface area contributed by atoms with Crippen LogP contribution in [0.2, 0.25) is 0 Å². The van der Waals surface area contributed by atoms with E-state index in [2.05, 4.69) is 36.8 Å². The Balaban J connectivity index is 1.45. The van der Waals surface area contributed by atoms with Crippen LogP contribution < -0.4 is 10.2 Å². The van der Waals surface area contributed by atoms with Crippen molar-refractivity contribution in [3.8, 4) is 0 Å². The Hall–Kier alpha value is -2.38. The molecule has 1 aromatic heterocycles. The van der Waals surface area contributed by atoms with Crippen LogP contribution >= 0.6 is 0 Å². The van der Waals surface area contributed by atoms with Crippen LogP contribution in [0, 0.1) is 0 Å². The Morgan fingerprint density at radius 3 is 2.70 bits per heavy atom. The molecular formula is C20H29N5O2. The standard InChI is InChI=1S/C20H29N5O2/c1-17(23(2)9-3-10-24-11-8-21-16-24)20(26)22-18-4-6-19(7-5-18)25-12-14-27-15-13-25/h4-8,11,16-17H,3,9-10,12-15H2,1-2H3,(H,22,26)/t17-/m1/s1. The number of aromatic nitrogens is 2. The first kappa shape index (κ1) is 19.4. The zero-order chi connectivity index (χ0) is 19.1. The third-order valence-corrected chi connectivity index (χ3v) is 5.04. The number of carbonyl (C=O) groups is 1. The predicted octanol–water partition coefficient (Wildman–Crippen LogP) is 2.07. The number of nitrogens with zero attached hydrogens (tertiary/aromatic N) is 4. The number of morpholine rings is 1. The van der Waals surface area contributed by atoms with Crippen LogP contribution in [0.5, 0.6) is 0 Å². The molecule has 1 saturated heterocycles. The van der Waals surface area contributed by atoms with Crippen molar-refractivity contribution in [1.29, 1.82) is 0 Å². The number of rotatable bonds is 8. The number of likely N-dealkylation sites (N-methyl/N-ethyl adjacent to an activating group) is 1. The van der Waals surface area contributed by atoms with Crippen molar-refractivity contribution >= 4 is 17.3 Å². The molecule has 0 spiro atoms. The van der Waals surface area contributed by atoms with Gasteiger partial charge in [0, 0.05) is 49.9 Å². The molecular weight excluding hydrogens is 342 g/mol. The van der Waals surface area contributed by atoms with Gasteiger partial charge in [-0.05, 0) is 44.7 Å². The summed E-state index contributed by atoms with van der Waals surface area (Å²) in [6.45, 7) is 7.05. The van der Waals surface area contributed by atoms with E-state index in [1.165, 1.54) is 5.69 Å². The zero-order valence-corrected chi connectivity index (χ0v) is 16.2. The molecule has 7 nitrogen and oxygen atoms in total. The minimum atomic E-state index is -0.188. The maximum atomic E-state index is 12.5. The highest BCUT2D eigenvalue weighted by Crippen LogP contribution is 2.19. The van der Waals surface area contributed by atoms with E-state index in [1.807, 2.05) is 38.6 Å². The summed E-state index contributed by atoms with van der Waals surface area (Å²) in [5.41, 5.74) is 2.00. The molecule has 7 heteroatoms. The largest absolute Gasteiger partial charge is 0.378 e. The van der Waals surface area contributed by atoms with E-state index in [1.54, 1.807) is 6.20 Å². The lowest BCUT2D eigenvalue weighted by molar-refractivity contribution is -0.120. The van der Waals surface area contributed by atoms with Gasteiger partial charge < -0.3 is 19.5 Å². The summed E-state index contributed by atoms with van der Waals surface area (Å²) in [5, 5.41) is 3.02. The van der Waals surface area contributed by atoms with Crippen LogP contribution in [0.1, 0.15) is 13.3 Å². The van der Waals surface area contributed by atoms with E-state index in [4.69, 9.17) is 4.74 Å². The number of imidazole rings is 1. The molecule has 1 N–H and O–H groups in total. The Kier molecular flexibility index (Phi) is 6.84. The third-order valence-electron chi connectivity index (χ3n) is 5.04. The Bertz CT molecular complexity index is 696. The first-order valence-electron chi connectivity index (χ1n) is 9.53. The summed E-state index contributed by atoms with van der Waals surface area (Å²) in [4.78, 5) is 21.0. The smallest absolute Gasteiger partial charge is 0.241 e. The van der Waals surface area contributed by atoms with Crippen molar-refractivity contribution in [2.24, 2.45) is 0 Å². The molecule has 1 aromatic carbocycles. The van der Waals surface area contributed by atoms with Crippen molar-refractivity contribution in [2.75, 3.05) is 50.1 Å². The van der Waals surface area contributed by atoms with Crippen LogP contribution in [-0.4, -0.2) is 66.3 Å². The number of aryl methyl sites for hydroxylation is 1. The summed E-state index contributed by atoms with van der Waals surface area (Å²) < 4.78 is 7.44. The number of anilines is 2. The minimum Gasteiger partial charge on any atom is -0.378 e. The molecule has 1 aliphatic rings. The molecule has 3 rings (SSSR count). The molecule has 0 radical (unpaired) electrons. The minimum absolute atomic E-state index is 0.0132. The highest BCUT2D eigenvalue weighted by molar-refractivity contribution is 5.94. The van der Waals surface area contributed by atoms with Crippen molar-refractivity contribution in [3.05, 3.63) is 43.0 Å². The van der Waals surface area contributed by atoms with Crippen LogP contribution in [0.25, 0.3) is 0 Å². The second-order valence-corrected chi connectivity index (χ2v) is 6.95. The number of hydrogen-bond donors (Lipinski definition) is 1. The van der Waals surface area contributed by atoms with Crippen LogP contribution in [0.3, 0.4) is 0 Å². The van der Waals surface area contributed by atoms with Crippen LogP contribution in [0.4, 0.5) is 11.4 Å². The quantitative estimate of drug-likeness (QED) is 0.770. The molecule has 1 atom stereocenters. The highest BCUT2D eigenvalue weighted by atomic mass is 16.5. The van der Waals surface area contributed by atoms with Gasteiger partial charge in [0.1, 0.15) is 0 Å². The molecule has 0 unspecified atom stereocenters. The molecule has 2 heterocycles. The van der Waals surface area contributed by atoms with E-state index in [0.717, 1.165) is 51.5 Å². The van der Waals surface area contributed by atoms with Gasteiger partial charge in [-0.1, -0.05) is 0 Å². The summed E-state index contributed by atoms with van der Waals surface area (Å²) >= 11 is 0. The fourth-order valence-electron chi connectivity index (χ4n) is 3.14. The molecule has 27 heavy (non-hydrogen) atoms. The second kappa shape index (κ2) is 9.53. The average molecular weight is 371 g/mol. The van der Waals surface area contributed by atoms with Crippen LogP contribution in [-0.2, 0) is 16.1 Å². The normalized spacial score (nSPS) is 15.7. The summed E-state index contributed by atoms with van der Waals surface area (Å²) in [7, 11) is 1.99. The Morgan fingerprint density at radius 1 is 1.30 bits per heavy atom. The van der Waals surface area contributed by atoms with Gasteiger partial charge in [-0.3, -0.25) is 9.69 Å². The van der Waals surface area contributed by atoms with Crippen molar-refractivity contribution in [3.63, 3.8) is 0 Å². The third kappa shape index (κ3) is 5.55. The number of hydrogen-bond acceptors (Lipinski definition) is 5. The van der Waals surface area contributed by atoms with Crippen molar-refractivity contribution in [1.82, 2.24) is 14.5 Å². The monoisotopic (exact) mass is 371 g/mol. The van der Waals surface area contributed by atoms with E-state index in [9.17, 15) is 4.79 Å². The van der Waals surface area contributed by atoms with Crippen LogP contribution in [0.15, 0.2) is 43.0 Å². The van der Waals surface area contributed by atoms with Gasteiger partial charge in [0.2, 0.25) is 5.91 Å². The molecule has 1 amide bonds. The lowest BCUT2D eigenvalue weighted by Crippen LogP contribution is -2.40. The van der Waals surface area contributed by atoms with Crippen molar-refractivity contribution < 1.29 is 9.53 Å². The van der Waals surface area contributed by atoms with E-state index >= 15 is 0 Å². The lowest BCUT2D eigenvalue weighted by atomic mass is 10.2. The van der Waals surface area contributed by atoms with E-state index < -0.39 is 0 Å². The topological polar surface area (TPSA) is 62.6 Å². The van der Waals surface area contributed by atoms with Gasteiger partial charge in [-0.25, -0.2) is 4.98 Å². The average Bonchev–Trinajstić information content (AvgIpc) is 3.22. The molecule has 146 valence electrons. The fourth-order valence-corrected chi connectivity index (χ4v) is 3.14. The molecule has 2 aromatic rings. The molecule has 1 fully saturated rings. The first-order valence-corrected chi connectivity index (χ1v) is 9.53. The molecule has 1 aliphatic heterocycles. The van der Waals surface area contributed by atoms with E-state index in [0.29, 0.717) is 0 Å². The highest BCUT2D eigenvalue weighted by Gasteiger charge is 2.18. The molecule has 0 bridgehead atoms. The van der Waals surface area contributed by atoms with Gasteiger partial charge in [0.25, 0.3) is 0 Å². The summed E-state index contributed by atoms with van der Waals surface area (Å²) in [6, 6.07) is 7.86. The SMILES string of the molecule is C[C@H](C(=O)Nc1ccc(N2CCOCC2)cc1)N(C)CCCn1ccnc1. The fraction of sp³-hybridized carbons (Fsp3) is 0.500. The maximum absolute atomic E-state index is 12.5. The lowest BCUT2D eigenvalue weighted by Gasteiger charge is -2.29. The van der Waals surface area contributed by atoms with Gasteiger partial charge >= 0.3 is 0 Å². The van der Waals surface area contributed by atoms with Gasteiger partial charge in [-0.2, -0.15) is 0 Å². The molecule has 0 aliphatic carbocycles. The number of ether oxygens (including phenoxy) is 1. The first-order chi connectivity index (χ1) is 13.1. The van der Waals surface area contributed by atoms with E-state index in [-0.39, 0.29) is 11.9 Å². The number of amides is 1. The van der Waals surface area contributed by atoms with Crippen molar-refractivity contribution in [2.45, 2.75) is 25.9 Å². The zero-order valence-electron chi connectivity index (χ0n) is 16.2. The predicted molar refractivity (Wildman–Crippen MR) is 107 cm³/mol. The Morgan fingerprint density at radius 2 is 2.04 bits per heavy atom. The van der Waals surface area contributed by atoms with Gasteiger partial charge in [-0.15, -0.1) is 0 Å². The second-order valence-electron chi connectivity index (χ2n) is 6.95. The molecule has 0 saturated carbocycles. The summed E-state index contributed by atoms with van der Waals surface area (Å²) in [5.74, 6) is 0.0132. The number of benzene rings is 1. The van der Waals surface area contributed by atoms with Gasteiger partial charge in [0.05, 0.1) is 25.6 Å². The Labute approximate surface area is 160 Å². The van der Waals surface area contributed by atoms with Gasteiger partial charge in [0.15, 0.2) is 0 Å². The summed E-state index contributed by atoms with van der Waals surface area (Å²) in [6.07, 6.45) is 6.52. The maximum Gasteiger partial charge on any atom is 0.241 e.